The van der Waals surface area contributed by atoms with Crippen LogP contribution in [0.1, 0.15) is 32.6 Å². The Morgan fingerprint density at radius 1 is 1.26 bits per heavy atom. The van der Waals surface area contributed by atoms with Crippen LogP contribution in [0.25, 0.3) is 22.4 Å². The van der Waals surface area contributed by atoms with E-state index < -0.39 is 11.0 Å². The molecule has 0 spiro atoms. The number of aromatic nitrogens is 5. The molecular weight excluding hydrogens is 416 g/mol. The number of hydrogen-bond acceptors (Lipinski definition) is 8. The van der Waals surface area contributed by atoms with Gasteiger partial charge in [-0.2, -0.15) is 4.98 Å². The second-order valence-electron chi connectivity index (χ2n) is 7.30. The number of piperidine rings is 1. The molecule has 0 amide bonds. The number of anilines is 2. The molecular formula is C20H30N8O2S. The summed E-state index contributed by atoms with van der Waals surface area (Å²) in [5.74, 6) is 0.701. The van der Waals surface area contributed by atoms with E-state index in [2.05, 4.69) is 30.2 Å². The van der Waals surface area contributed by atoms with Gasteiger partial charge in [0, 0.05) is 31.7 Å². The molecule has 1 fully saturated rings. The van der Waals surface area contributed by atoms with E-state index in [0.29, 0.717) is 23.0 Å². The maximum atomic E-state index is 10.8. The van der Waals surface area contributed by atoms with Gasteiger partial charge in [0.15, 0.2) is 5.65 Å². The summed E-state index contributed by atoms with van der Waals surface area (Å²) in [7, 11) is -0.719. The Bertz CT molecular complexity index is 1000. The zero-order chi connectivity index (χ0) is 22.2. The summed E-state index contributed by atoms with van der Waals surface area (Å²) in [4.78, 5) is 20.2. The minimum Gasteiger partial charge on any atom is -0.394 e. The summed E-state index contributed by atoms with van der Waals surface area (Å²) in [6.07, 6.45) is 11.3. The molecule has 10 nitrogen and oxygen atoms in total. The molecule has 168 valence electrons. The first-order chi connectivity index (χ1) is 15.0. The number of nitrogens with one attached hydrogen (secondary N) is 2. The molecule has 5 N–H and O–H groups in total. The van der Waals surface area contributed by atoms with Gasteiger partial charge in [0.2, 0.25) is 5.95 Å². The van der Waals surface area contributed by atoms with Gasteiger partial charge in [-0.05, 0) is 25.3 Å². The summed E-state index contributed by atoms with van der Waals surface area (Å²) in [6, 6.07) is 1.74. The molecule has 3 aromatic rings. The number of fused-ring (bicyclic) bond motifs is 1. The molecule has 4 heterocycles. The molecule has 0 bridgehead atoms. The molecule has 11 heteroatoms. The number of nitrogens with two attached hydrogens (primary N) is 1. The van der Waals surface area contributed by atoms with Crippen LogP contribution in [-0.2, 0) is 11.0 Å². The van der Waals surface area contributed by atoms with Gasteiger partial charge >= 0.3 is 0 Å². The van der Waals surface area contributed by atoms with E-state index in [4.69, 9.17) is 5.73 Å². The van der Waals surface area contributed by atoms with E-state index >= 15 is 0 Å². The van der Waals surface area contributed by atoms with Crippen LogP contribution >= 0.6 is 0 Å². The third-order valence-electron chi connectivity index (χ3n) is 5.08. The topological polar surface area (TPSA) is 146 Å². The van der Waals surface area contributed by atoms with Crippen molar-refractivity contribution in [1.29, 1.82) is 0 Å². The van der Waals surface area contributed by atoms with Gasteiger partial charge in [-0.1, -0.05) is 13.3 Å². The number of nitrogen functional groups attached to an aromatic ring is 1. The van der Waals surface area contributed by atoms with E-state index in [1.807, 2.05) is 17.3 Å². The molecule has 1 saturated heterocycles. The Balaban J connectivity index is 0.000000254. The standard InChI is InChI=1S/C14H17N7O.C6H13NOS/c1-2-8(7-22)19-14-18-5-9(12(15)21-14)11-6-17-13-10(20-11)3-4-16-13;1-9(8)7-5-3-2-4-6-7/h3-6,8,22H,2,7H2,1H3,(H,16,17)(H3,15,18,19,21);2-6H2,1H3. The molecule has 31 heavy (non-hydrogen) atoms. The quantitative estimate of drug-likeness (QED) is 0.449. The number of aromatic amines is 1. The van der Waals surface area contributed by atoms with Gasteiger partial charge in [0.1, 0.15) is 11.3 Å². The van der Waals surface area contributed by atoms with Crippen molar-refractivity contribution < 1.29 is 9.32 Å². The van der Waals surface area contributed by atoms with Crippen molar-refractivity contribution in [2.24, 2.45) is 0 Å². The van der Waals surface area contributed by atoms with Crippen LogP contribution in [0.5, 0.6) is 0 Å². The highest BCUT2D eigenvalue weighted by atomic mass is 32.2. The molecule has 1 aliphatic rings. The largest absolute Gasteiger partial charge is 0.394 e. The molecule has 1 aliphatic heterocycles. The SMILES string of the molecule is CCC(CO)Nc1ncc(-c2cnc3[nH]ccc3n2)c(N)n1.CS(=O)N1CCCCC1. The highest BCUT2D eigenvalue weighted by Gasteiger charge is 2.13. The van der Waals surface area contributed by atoms with E-state index in [-0.39, 0.29) is 12.6 Å². The summed E-state index contributed by atoms with van der Waals surface area (Å²) in [6.45, 7) is 4.04. The van der Waals surface area contributed by atoms with Crippen molar-refractivity contribution in [3.05, 3.63) is 24.7 Å². The van der Waals surface area contributed by atoms with Crippen LogP contribution in [0, 0.1) is 0 Å². The average Bonchev–Trinajstić information content (AvgIpc) is 3.26. The van der Waals surface area contributed by atoms with E-state index in [0.717, 1.165) is 30.7 Å². The third-order valence-corrected chi connectivity index (χ3v) is 6.17. The van der Waals surface area contributed by atoms with Crippen LogP contribution in [0.2, 0.25) is 0 Å². The number of aliphatic hydroxyl groups excluding tert-OH is 1. The average molecular weight is 447 g/mol. The number of nitrogens with zero attached hydrogens (tertiary/aromatic N) is 5. The van der Waals surface area contributed by atoms with Crippen molar-refractivity contribution in [1.82, 2.24) is 29.2 Å². The molecule has 4 rings (SSSR count). The predicted octanol–water partition coefficient (Wildman–Crippen LogP) is 1.95. The number of aliphatic hydroxyl groups is 1. The summed E-state index contributed by atoms with van der Waals surface area (Å²) >= 11 is 0. The first-order valence-corrected chi connectivity index (χ1v) is 11.9. The first-order valence-electron chi connectivity index (χ1n) is 10.4. The lowest BCUT2D eigenvalue weighted by Gasteiger charge is -2.22. The zero-order valence-electron chi connectivity index (χ0n) is 17.9. The highest BCUT2D eigenvalue weighted by Crippen LogP contribution is 2.23. The molecule has 3 aromatic heterocycles. The van der Waals surface area contributed by atoms with Crippen molar-refractivity contribution in [2.75, 3.05) is 37.0 Å². The summed E-state index contributed by atoms with van der Waals surface area (Å²) in [5.41, 5.74) is 8.71. The Labute approximate surface area is 184 Å². The van der Waals surface area contributed by atoms with E-state index in [1.165, 1.54) is 19.3 Å². The Morgan fingerprint density at radius 2 is 2.03 bits per heavy atom. The van der Waals surface area contributed by atoms with Crippen molar-refractivity contribution >= 4 is 33.9 Å². The molecule has 0 aromatic carbocycles. The van der Waals surface area contributed by atoms with Crippen molar-refractivity contribution in [3.63, 3.8) is 0 Å². The van der Waals surface area contributed by atoms with E-state index in [1.54, 1.807) is 24.8 Å². The maximum absolute atomic E-state index is 10.8. The Morgan fingerprint density at radius 3 is 2.65 bits per heavy atom. The Kier molecular flexibility index (Phi) is 8.27. The highest BCUT2D eigenvalue weighted by molar-refractivity contribution is 7.81. The summed E-state index contributed by atoms with van der Waals surface area (Å²) < 4.78 is 12.9. The molecule has 0 radical (unpaired) electrons. The first kappa shape index (κ1) is 23.0. The molecule has 0 aliphatic carbocycles. The lowest BCUT2D eigenvalue weighted by molar-refractivity contribution is 0.271. The molecule has 2 unspecified atom stereocenters. The van der Waals surface area contributed by atoms with Gasteiger partial charge in [-0.25, -0.2) is 23.5 Å². The van der Waals surface area contributed by atoms with Gasteiger partial charge in [0.05, 0.1) is 41.1 Å². The third kappa shape index (κ3) is 6.18. The minimum absolute atomic E-state index is 0.0111. The summed E-state index contributed by atoms with van der Waals surface area (Å²) in [5, 5.41) is 12.2. The minimum atomic E-state index is -0.719. The van der Waals surface area contributed by atoms with Gasteiger partial charge in [-0.15, -0.1) is 0 Å². The monoisotopic (exact) mass is 446 g/mol. The fourth-order valence-corrected chi connectivity index (χ4v) is 3.98. The van der Waals surface area contributed by atoms with Crippen LogP contribution < -0.4 is 11.1 Å². The van der Waals surface area contributed by atoms with Crippen molar-refractivity contribution in [2.45, 2.75) is 38.6 Å². The number of H-pyrrole nitrogens is 1. The van der Waals surface area contributed by atoms with Gasteiger partial charge < -0.3 is 21.1 Å². The number of rotatable bonds is 6. The molecule has 2 atom stereocenters. The lowest BCUT2D eigenvalue weighted by Crippen LogP contribution is -2.30. The smallest absolute Gasteiger partial charge is 0.224 e. The molecule has 0 saturated carbocycles. The second-order valence-corrected chi connectivity index (χ2v) is 8.67. The van der Waals surface area contributed by atoms with Gasteiger partial charge in [0.25, 0.3) is 0 Å². The lowest BCUT2D eigenvalue weighted by atomic mass is 10.2. The predicted molar refractivity (Wildman–Crippen MR) is 124 cm³/mol. The Hall–Kier alpha value is -2.63. The van der Waals surface area contributed by atoms with Crippen LogP contribution in [-0.4, -0.2) is 70.5 Å². The normalized spacial score (nSPS) is 16.4. The van der Waals surface area contributed by atoms with Crippen molar-refractivity contribution in [3.8, 4) is 11.3 Å². The van der Waals surface area contributed by atoms with Crippen LogP contribution in [0.15, 0.2) is 24.7 Å². The zero-order valence-corrected chi connectivity index (χ0v) is 18.7. The number of hydrogen-bond donors (Lipinski definition) is 4. The fourth-order valence-electron chi connectivity index (χ4n) is 3.20. The van der Waals surface area contributed by atoms with Crippen LogP contribution in [0.3, 0.4) is 0 Å². The second kappa shape index (κ2) is 11.1. The fraction of sp³-hybridized carbons (Fsp3) is 0.500. The van der Waals surface area contributed by atoms with Gasteiger partial charge in [-0.3, -0.25) is 0 Å². The van der Waals surface area contributed by atoms with E-state index in [9.17, 15) is 9.32 Å². The van der Waals surface area contributed by atoms with Crippen LogP contribution in [0.4, 0.5) is 11.8 Å². The maximum Gasteiger partial charge on any atom is 0.224 e.